The van der Waals surface area contributed by atoms with Crippen LogP contribution in [0.1, 0.15) is 32.5 Å². The van der Waals surface area contributed by atoms with Crippen molar-refractivity contribution >= 4 is 49.0 Å². The summed E-state index contributed by atoms with van der Waals surface area (Å²) in [5.74, 6) is -0.404. The van der Waals surface area contributed by atoms with Gasteiger partial charge in [-0.3, -0.25) is 10.2 Å². The van der Waals surface area contributed by atoms with Crippen molar-refractivity contribution in [2.24, 2.45) is 5.73 Å². The molecule has 196 valence electrons. The number of thiazole rings is 1. The lowest BCUT2D eigenvalue weighted by Crippen LogP contribution is -2.30. The number of hydrogen-bond acceptors (Lipinski definition) is 6. The fraction of sp³-hybridized carbons (Fsp3) is 0.0690. The van der Waals surface area contributed by atoms with E-state index in [-0.39, 0.29) is 16.6 Å². The van der Waals surface area contributed by atoms with Crippen molar-refractivity contribution < 1.29 is 13.2 Å². The lowest BCUT2D eigenvalue weighted by Gasteiger charge is -2.18. The lowest BCUT2D eigenvalue weighted by molar-refractivity contribution is 0.102. The Labute approximate surface area is 230 Å². The van der Waals surface area contributed by atoms with E-state index in [9.17, 15) is 13.2 Å². The van der Waals surface area contributed by atoms with Crippen LogP contribution in [0.5, 0.6) is 0 Å². The highest BCUT2D eigenvalue weighted by Crippen LogP contribution is 2.30. The van der Waals surface area contributed by atoms with Crippen molar-refractivity contribution in [1.82, 2.24) is 9.71 Å². The van der Waals surface area contributed by atoms with Crippen LogP contribution in [0.2, 0.25) is 0 Å². The molecule has 0 aliphatic rings. The molecule has 5 aromatic rings. The number of nitrogen functional groups attached to an aromatic ring is 1. The highest BCUT2D eigenvalue weighted by Gasteiger charge is 2.25. The second kappa shape index (κ2) is 11.2. The van der Waals surface area contributed by atoms with E-state index in [1.165, 1.54) is 23.5 Å². The Balaban J connectivity index is 1.45. The fourth-order valence-electron chi connectivity index (χ4n) is 4.11. The second-order valence-corrected chi connectivity index (χ2v) is 11.6. The number of carbonyl (C=O) groups is 1. The van der Waals surface area contributed by atoms with E-state index in [2.05, 4.69) is 10.0 Å². The molecule has 1 amide bonds. The summed E-state index contributed by atoms with van der Waals surface area (Å²) >= 11 is 1.42. The smallest absolute Gasteiger partial charge is 0.255 e. The van der Waals surface area contributed by atoms with Gasteiger partial charge in [-0.25, -0.2) is 18.1 Å². The number of hydrogen-bond donors (Lipinski definition) is 4. The van der Waals surface area contributed by atoms with E-state index >= 15 is 0 Å². The van der Waals surface area contributed by atoms with Gasteiger partial charge in [-0.15, -0.1) is 11.3 Å². The van der Waals surface area contributed by atoms with Crippen LogP contribution in [0.25, 0.3) is 10.2 Å². The van der Waals surface area contributed by atoms with Crippen molar-refractivity contribution in [3.8, 4) is 0 Å². The molecule has 5 rings (SSSR count). The van der Waals surface area contributed by atoms with Crippen LogP contribution >= 0.6 is 11.3 Å². The first-order chi connectivity index (χ1) is 18.8. The minimum Gasteiger partial charge on any atom is -0.384 e. The molecule has 0 aliphatic carbocycles. The molecule has 0 saturated heterocycles. The molecular formula is C29H25N5O3S2. The van der Waals surface area contributed by atoms with Crippen LogP contribution in [0.15, 0.2) is 108 Å². The molecule has 5 N–H and O–H groups in total. The average molecular weight is 556 g/mol. The quantitative estimate of drug-likeness (QED) is 0.148. The third-order valence-corrected chi connectivity index (χ3v) is 8.64. The molecule has 1 aromatic heterocycles. The lowest BCUT2D eigenvalue weighted by atomic mass is 10.0. The van der Waals surface area contributed by atoms with Crippen molar-refractivity contribution in [2.75, 3.05) is 5.32 Å². The number of aromatic nitrogens is 1. The van der Waals surface area contributed by atoms with E-state index in [4.69, 9.17) is 16.1 Å². The monoisotopic (exact) mass is 555 g/mol. The normalized spacial score (nSPS) is 12.2. The molecule has 39 heavy (non-hydrogen) atoms. The Morgan fingerprint density at radius 1 is 0.897 bits per heavy atom. The van der Waals surface area contributed by atoms with E-state index in [0.29, 0.717) is 28.2 Å². The predicted octanol–water partition coefficient (Wildman–Crippen LogP) is 5.09. The number of nitrogens with two attached hydrogens (primary N) is 1. The topological polar surface area (TPSA) is 138 Å². The number of amides is 1. The number of nitrogens with one attached hydrogen (secondary N) is 3. The van der Waals surface area contributed by atoms with Gasteiger partial charge >= 0.3 is 0 Å². The Bertz CT molecular complexity index is 1740. The van der Waals surface area contributed by atoms with Gasteiger partial charge in [-0.1, -0.05) is 54.6 Å². The first-order valence-corrected chi connectivity index (χ1v) is 14.4. The maximum atomic E-state index is 13.6. The Kier molecular flexibility index (Phi) is 7.51. The SMILES string of the molecule is N=C(N)c1cccc(CC(NS(=O)(=O)c2cccc(NC(=O)c3ccccc3)c2)c2nc3ccccc3s2)c1. The summed E-state index contributed by atoms with van der Waals surface area (Å²) in [6.45, 7) is 0. The number of fused-ring (bicyclic) bond motifs is 1. The molecule has 10 heteroatoms. The number of para-hydroxylation sites is 1. The van der Waals surface area contributed by atoms with Gasteiger partial charge in [-0.2, -0.15) is 0 Å². The minimum atomic E-state index is -4.02. The summed E-state index contributed by atoms with van der Waals surface area (Å²) in [5.41, 5.74) is 8.64. The average Bonchev–Trinajstić information content (AvgIpc) is 3.38. The van der Waals surface area contributed by atoms with Gasteiger partial charge in [0.1, 0.15) is 10.8 Å². The first kappa shape index (κ1) is 26.2. The van der Waals surface area contributed by atoms with Crippen LogP contribution in [0, 0.1) is 5.41 Å². The number of rotatable bonds is 9. The number of nitrogens with zero attached hydrogens (tertiary/aromatic N) is 1. The number of amidine groups is 1. The summed E-state index contributed by atoms with van der Waals surface area (Å²) in [4.78, 5) is 17.3. The molecule has 0 spiro atoms. The summed E-state index contributed by atoms with van der Waals surface area (Å²) in [7, 11) is -4.02. The van der Waals surface area contributed by atoms with E-state index < -0.39 is 16.1 Å². The van der Waals surface area contributed by atoms with Crippen LogP contribution in [-0.2, 0) is 16.4 Å². The van der Waals surface area contributed by atoms with Gasteiger partial charge in [0.25, 0.3) is 5.91 Å². The summed E-state index contributed by atoms with van der Waals surface area (Å²) in [6.07, 6.45) is 0.296. The second-order valence-electron chi connectivity index (χ2n) is 8.86. The van der Waals surface area contributed by atoms with Crippen molar-refractivity contribution in [1.29, 1.82) is 5.41 Å². The summed E-state index contributed by atoms with van der Waals surface area (Å²) in [5, 5.41) is 11.1. The number of carbonyl (C=O) groups excluding carboxylic acids is 1. The van der Waals surface area contributed by atoms with E-state index in [0.717, 1.165) is 15.8 Å². The molecule has 1 heterocycles. The van der Waals surface area contributed by atoms with E-state index in [1.54, 1.807) is 54.6 Å². The number of anilines is 1. The molecular weight excluding hydrogens is 530 g/mol. The standard InChI is InChI=1S/C29H25N5O3S2/c30-27(31)21-11-6-8-19(16-21)17-25(29-33-24-14-4-5-15-26(24)38-29)34-39(36,37)23-13-7-12-22(18-23)32-28(35)20-9-2-1-3-10-20/h1-16,18,25,34H,17H2,(H3,30,31)(H,32,35). The van der Waals surface area contributed by atoms with Gasteiger partial charge in [0.05, 0.1) is 21.2 Å². The van der Waals surface area contributed by atoms with Gasteiger partial charge in [0.2, 0.25) is 10.0 Å². The molecule has 1 atom stereocenters. The maximum absolute atomic E-state index is 13.6. The largest absolute Gasteiger partial charge is 0.384 e. The zero-order chi connectivity index (χ0) is 27.4. The maximum Gasteiger partial charge on any atom is 0.255 e. The van der Waals surface area contributed by atoms with E-state index in [1.807, 2.05) is 36.4 Å². The highest BCUT2D eigenvalue weighted by molar-refractivity contribution is 7.89. The molecule has 0 bridgehead atoms. The summed E-state index contributed by atoms with van der Waals surface area (Å²) < 4.78 is 31.0. The van der Waals surface area contributed by atoms with Crippen molar-refractivity contribution in [3.05, 3.63) is 125 Å². The number of sulfonamides is 1. The molecule has 0 saturated carbocycles. The molecule has 4 aromatic carbocycles. The van der Waals surface area contributed by atoms with Gasteiger partial charge in [-0.05, 0) is 60.5 Å². The zero-order valence-corrected chi connectivity index (χ0v) is 22.3. The van der Waals surface area contributed by atoms with Gasteiger partial charge < -0.3 is 11.1 Å². The Morgan fingerprint density at radius 3 is 2.38 bits per heavy atom. The third kappa shape index (κ3) is 6.20. The predicted molar refractivity (Wildman–Crippen MR) is 155 cm³/mol. The zero-order valence-electron chi connectivity index (χ0n) is 20.7. The summed E-state index contributed by atoms with van der Waals surface area (Å²) in [6, 6.07) is 28.9. The Morgan fingerprint density at radius 2 is 1.62 bits per heavy atom. The Hall–Kier alpha value is -4.38. The van der Waals surface area contributed by atoms with Crippen molar-refractivity contribution in [3.63, 3.8) is 0 Å². The number of benzene rings is 4. The fourth-order valence-corrected chi connectivity index (χ4v) is 6.45. The molecule has 0 fully saturated rings. The van der Waals surface area contributed by atoms with Crippen LogP contribution < -0.4 is 15.8 Å². The molecule has 8 nitrogen and oxygen atoms in total. The molecule has 1 unspecified atom stereocenters. The van der Waals surface area contributed by atoms with Crippen LogP contribution in [0.4, 0.5) is 5.69 Å². The van der Waals surface area contributed by atoms with Gasteiger partial charge in [0.15, 0.2) is 0 Å². The molecule has 0 aliphatic heterocycles. The first-order valence-electron chi connectivity index (χ1n) is 12.1. The van der Waals surface area contributed by atoms with Crippen LogP contribution in [-0.4, -0.2) is 25.1 Å². The van der Waals surface area contributed by atoms with Gasteiger partial charge in [0, 0.05) is 16.8 Å². The minimum absolute atomic E-state index is 0.0111. The van der Waals surface area contributed by atoms with Crippen molar-refractivity contribution in [2.45, 2.75) is 17.4 Å². The highest BCUT2D eigenvalue weighted by atomic mass is 32.2. The third-order valence-electron chi connectivity index (χ3n) is 6.02. The molecule has 0 radical (unpaired) electrons. The van der Waals surface area contributed by atoms with Crippen LogP contribution in [0.3, 0.4) is 0 Å².